The Kier molecular flexibility index (Phi) is 5.71. The van der Waals surface area contributed by atoms with Crippen LogP contribution in [0.4, 0.5) is 0 Å². The molecule has 1 aromatic heterocycles. The normalized spacial score (nSPS) is 10.2. The predicted molar refractivity (Wildman–Crippen MR) is 69.7 cm³/mol. The van der Waals surface area contributed by atoms with Crippen LogP contribution < -0.4 is 11.0 Å². The lowest BCUT2D eigenvalue weighted by Gasteiger charge is -2.08. The molecule has 1 rings (SSSR count). The number of hydroxylamine groups is 1. The average Bonchev–Trinajstić information content (AvgIpc) is 2.32. The van der Waals surface area contributed by atoms with Crippen molar-refractivity contribution in [1.29, 1.82) is 0 Å². The van der Waals surface area contributed by atoms with Gasteiger partial charge in [0.05, 0.1) is 6.61 Å². The second-order valence-electron chi connectivity index (χ2n) is 3.68. The molecule has 0 atom stereocenters. The van der Waals surface area contributed by atoms with Gasteiger partial charge in [0.15, 0.2) is 0 Å². The summed E-state index contributed by atoms with van der Waals surface area (Å²) in [5.74, 6) is -1.88. The van der Waals surface area contributed by atoms with Crippen LogP contribution in [-0.4, -0.2) is 28.2 Å². The van der Waals surface area contributed by atoms with E-state index in [2.05, 4.69) is 21.4 Å². The molecule has 8 heteroatoms. The van der Waals surface area contributed by atoms with Gasteiger partial charge in [0, 0.05) is 10.7 Å². The van der Waals surface area contributed by atoms with Crippen molar-refractivity contribution in [1.82, 2.24) is 10.0 Å². The third kappa shape index (κ3) is 4.49. The van der Waals surface area contributed by atoms with Crippen LogP contribution in [0, 0.1) is 0 Å². The Morgan fingerprint density at radius 1 is 1.53 bits per heavy atom. The third-order valence-electron chi connectivity index (χ3n) is 2.07. The maximum Gasteiger partial charge on any atom is 0.323 e. The molecule has 0 saturated carbocycles. The van der Waals surface area contributed by atoms with E-state index >= 15 is 0 Å². The highest BCUT2D eigenvalue weighted by atomic mass is 79.9. The van der Waals surface area contributed by atoms with Gasteiger partial charge in [-0.3, -0.25) is 19.2 Å². The van der Waals surface area contributed by atoms with Gasteiger partial charge in [-0.05, 0) is 28.4 Å². The van der Waals surface area contributed by atoms with Crippen LogP contribution in [-0.2, 0) is 16.2 Å². The minimum atomic E-state index is -1.17. The first-order valence-electron chi connectivity index (χ1n) is 5.49. The number of pyridine rings is 1. The highest BCUT2D eigenvalue weighted by molar-refractivity contribution is 9.10. The number of hydrogen-bond donors (Lipinski definition) is 2. The number of carboxylic acid groups (broad SMARTS) is 1. The number of aromatic nitrogens is 1. The molecule has 19 heavy (non-hydrogen) atoms. The molecule has 1 heterocycles. The average molecular weight is 333 g/mol. The molecule has 0 aliphatic carbocycles. The number of carboxylic acids is 1. The fourth-order valence-electron chi connectivity index (χ4n) is 1.30. The summed E-state index contributed by atoms with van der Waals surface area (Å²) < 4.78 is 1.36. The Balaban J connectivity index is 3.00. The van der Waals surface area contributed by atoms with Crippen LogP contribution in [0.1, 0.15) is 23.7 Å². The number of aliphatic carboxylic acids is 1. The van der Waals surface area contributed by atoms with E-state index in [0.29, 0.717) is 17.5 Å². The van der Waals surface area contributed by atoms with Gasteiger partial charge in [-0.25, -0.2) is 5.48 Å². The van der Waals surface area contributed by atoms with Crippen molar-refractivity contribution < 1.29 is 19.5 Å². The van der Waals surface area contributed by atoms with E-state index in [0.717, 1.165) is 4.57 Å². The van der Waals surface area contributed by atoms with Crippen LogP contribution in [0.15, 0.2) is 21.5 Å². The van der Waals surface area contributed by atoms with Crippen LogP contribution >= 0.6 is 15.9 Å². The van der Waals surface area contributed by atoms with Gasteiger partial charge < -0.3 is 9.67 Å². The summed E-state index contributed by atoms with van der Waals surface area (Å²) in [4.78, 5) is 39.1. The van der Waals surface area contributed by atoms with Gasteiger partial charge >= 0.3 is 5.97 Å². The minimum absolute atomic E-state index is 0.188. The van der Waals surface area contributed by atoms with E-state index in [4.69, 9.17) is 9.94 Å². The summed E-state index contributed by atoms with van der Waals surface area (Å²) in [6.45, 7) is 1.67. The van der Waals surface area contributed by atoms with Crippen molar-refractivity contribution in [3.05, 3.63) is 32.7 Å². The molecule has 0 unspecified atom stereocenters. The fraction of sp³-hybridized carbons (Fsp3) is 0.364. The zero-order valence-corrected chi connectivity index (χ0v) is 11.8. The SMILES string of the molecule is CCCONC(=O)c1cc(Br)cn(CC(=O)O)c1=O. The van der Waals surface area contributed by atoms with E-state index < -0.39 is 24.0 Å². The Labute approximate surface area is 117 Å². The van der Waals surface area contributed by atoms with Crippen molar-refractivity contribution in [3.63, 3.8) is 0 Å². The Hall–Kier alpha value is -1.67. The van der Waals surface area contributed by atoms with Crippen LogP contribution in [0.5, 0.6) is 0 Å². The number of nitrogens with one attached hydrogen (secondary N) is 1. The molecule has 0 aliphatic heterocycles. The Bertz CT molecular complexity index is 540. The largest absolute Gasteiger partial charge is 0.480 e. The quantitative estimate of drug-likeness (QED) is 0.592. The summed E-state index contributed by atoms with van der Waals surface area (Å²) in [5.41, 5.74) is 1.25. The van der Waals surface area contributed by atoms with Gasteiger partial charge in [0.1, 0.15) is 12.1 Å². The van der Waals surface area contributed by atoms with E-state index in [1.807, 2.05) is 6.92 Å². The smallest absolute Gasteiger partial charge is 0.323 e. The first kappa shape index (κ1) is 15.4. The van der Waals surface area contributed by atoms with Gasteiger partial charge in [-0.2, -0.15) is 0 Å². The highest BCUT2D eigenvalue weighted by Crippen LogP contribution is 2.08. The van der Waals surface area contributed by atoms with Gasteiger partial charge in [0.25, 0.3) is 11.5 Å². The molecule has 0 fully saturated rings. The number of carbonyl (C=O) groups is 2. The molecule has 2 N–H and O–H groups in total. The number of halogens is 1. The fourth-order valence-corrected chi connectivity index (χ4v) is 1.77. The summed E-state index contributed by atoms with van der Waals surface area (Å²) in [7, 11) is 0. The molecular weight excluding hydrogens is 320 g/mol. The first-order chi connectivity index (χ1) is 8.95. The lowest BCUT2D eigenvalue weighted by Crippen LogP contribution is -2.34. The van der Waals surface area contributed by atoms with Gasteiger partial charge in [-0.15, -0.1) is 0 Å². The van der Waals surface area contributed by atoms with Crippen molar-refractivity contribution in [3.8, 4) is 0 Å². The number of rotatable bonds is 6. The topological polar surface area (TPSA) is 97.6 Å². The van der Waals surface area contributed by atoms with Crippen molar-refractivity contribution in [2.45, 2.75) is 19.9 Å². The van der Waals surface area contributed by atoms with E-state index in [1.54, 1.807) is 0 Å². The second-order valence-corrected chi connectivity index (χ2v) is 4.59. The van der Waals surface area contributed by atoms with Crippen molar-refractivity contribution >= 4 is 27.8 Å². The molecule has 0 radical (unpaired) electrons. The lowest BCUT2D eigenvalue weighted by molar-refractivity contribution is -0.137. The Morgan fingerprint density at radius 3 is 2.79 bits per heavy atom. The molecular formula is C11H13BrN2O5. The van der Waals surface area contributed by atoms with E-state index in [-0.39, 0.29) is 5.56 Å². The molecule has 0 aromatic carbocycles. The molecule has 7 nitrogen and oxygen atoms in total. The molecule has 0 spiro atoms. The van der Waals surface area contributed by atoms with Gasteiger partial charge in [0.2, 0.25) is 0 Å². The maximum atomic E-state index is 11.9. The van der Waals surface area contributed by atoms with Crippen LogP contribution in [0.2, 0.25) is 0 Å². The zero-order chi connectivity index (χ0) is 14.4. The zero-order valence-electron chi connectivity index (χ0n) is 10.2. The molecule has 1 amide bonds. The standard InChI is InChI=1S/C11H13BrN2O5/c1-2-3-19-13-10(17)8-4-7(12)5-14(11(8)18)6-9(15)16/h4-5H,2-3,6H2,1H3,(H,13,17)(H,15,16). The van der Waals surface area contributed by atoms with E-state index in [1.165, 1.54) is 12.3 Å². The number of nitrogens with zero attached hydrogens (tertiary/aromatic N) is 1. The first-order valence-corrected chi connectivity index (χ1v) is 6.29. The maximum absolute atomic E-state index is 11.9. The predicted octanol–water partition coefficient (Wildman–Crippen LogP) is 0.767. The van der Waals surface area contributed by atoms with E-state index in [9.17, 15) is 14.4 Å². The minimum Gasteiger partial charge on any atom is -0.480 e. The molecule has 0 bridgehead atoms. The molecule has 0 aliphatic rings. The number of amides is 1. The molecule has 0 saturated heterocycles. The van der Waals surface area contributed by atoms with Gasteiger partial charge in [-0.1, -0.05) is 6.92 Å². The van der Waals surface area contributed by atoms with Crippen LogP contribution in [0.25, 0.3) is 0 Å². The van der Waals surface area contributed by atoms with Crippen molar-refractivity contribution in [2.24, 2.45) is 0 Å². The number of hydrogen-bond acceptors (Lipinski definition) is 4. The summed E-state index contributed by atoms with van der Waals surface area (Å²) in [5, 5.41) is 8.68. The summed E-state index contributed by atoms with van der Waals surface area (Å²) >= 11 is 3.11. The van der Waals surface area contributed by atoms with Crippen LogP contribution in [0.3, 0.4) is 0 Å². The van der Waals surface area contributed by atoms with Crippen molar-refractivity contribution in [2.75, 3.05) is 6.61 Å². The monoisotopic (exact) mass is 332 g/mol. The highest BCUT2D eigenvalue weighted by Gasteiger charge is 2.15. The summed E-state index contributed by atoms with van der Waals surface area (Å²) in [6.07, 6.45) is 2.02. The second kappa shape index (κ2) is 7.05. The molecule has 1 aromatic rings. The Morgan fingerprint density at radius 2 is 2.21 bits per heavy atom. The number of carbonyl (C=O) groups excluding carboxylic acids is 1. The lowest BCUT2D eigenvalue weighted by atomic mass is 10.2. The summed E-state index contributed by atoms with van der Waals surface area (Å²) in [6, 6.07) is 1.31. The third-order valence-corrected chi connectivity index (χ3v) is 2.51. The molecule has 104 valence electrons.